The van der Waals surface area contributed by atoms with E-state index >= 15 is 0 Å². The van der Waals surface area contributed by atoms with Crippen LogP contribution in [0.25, 0.3) is 16.7 Å². The molecule has 13 heteroatoms. The Morgan fingerprint density at radius 3 is 2.43 bits per heavy atom. The van der Waals surface area contributed by atoms with Crippen molar-refractivity contribution >= 4 is 34.8 Å². The molecule has 3 heterocycles. The minimum absolute atomic E-state index is 0.0311. The van der Waals surface area contributed by atoms with Gasteiger partial charge in [-0.05, 0) is 74.1 Å². The van der Waals surface area contributed by atoms with Gasteiger partial charge in [-0.25, -0.2) is 9.78 Å². The second-order valence-corrected chi connectivity index (χ2v) is 13.6. The molecule has 9 nitrogen and oxygen atoms in total. The average Bonchev–Trinajstić information content (AvgIpc) is 3.49. The maximum atomic E-state index is 13.6. The second kappa shape index (κ2) is 13.9. The molecule has 47 heavy (non-hydrogen) atoms. The zero-order valence-electron chi connectivity index (χ0n) is 26.6. The summed E-state index contributed by atoms with van der Waals surface area (Å²) < 4.78 is 51.1. The SMILES string of the molecule is C[C@@H](NC(=O)c1cnc(C2=CCN(C(=O)C3COC3)CC2)s1)c1ccc(-c2cc(C(F)(F)F)ccc2CNC(=O)OC(C)(C)C)cc1. The first-order valence-corrected chi connectivity index (χ1v) is 16.1. The maximum absolute atomic E-state index is 13.6. The van der Waals surface area contributed by atoms with E-state index in [0.717, 1.165) is 28.3 Å². The quantitative estimate of drug-likeness (QED) is 0.279. The van der Waals surface area contributed by atoms with Crippen LogP contribution in [0.1, 0.15) is 71.5 Å². The van der Waals surface area contributed by atoms with Gasteiger partial charge in [0.1, 0.15) is 15.5 Å². The minimum atomic E-state index is -4.54. The number of alkyl halides is 3. The molecular formula is C34H37F3N4O5S. The topological polar surface area (TPSA) is 110 Å². The number of benzene rings is 2. The van der Waals surface area contributed by atoms with Gasteiger partial charge in [-0.3, -0.25) is 9.59 Å². The summed E-state index contributed by atoms with van der Waals surface area (Å²) in [4.78, 5) is 44.5. The highest BCUT2D eigenvalue weighted by atomic mass is 32.1. The van der Waals surface area contributed by atoms with E-state index in [0.29, 0.717) is 54.3 Å². The third kappa shape index (κ3) is 8.58. The third-order valence-corrected chi connectivity index (χ3v) is 8.91. The number of hydrogen-bond donors (Lipinski definition) is 2. The van der Waals surface area contributed by atoms with Gasteiger partial charge in [0, 0.05) is 19.6 Å². The van der Waals surface area contributed by atoms with Crippen LogP contribution in [0.3, 0.4) is 0 Å². The van der Waals surface area contributed by atoms with Crippen molar-refractivity contribution < 1.29 is 37.0 Å². The van der Waals surface area contributed by atoms with Gasteiger partial charge in [0.05, 0.1) is 36.9 Å². The van der Waals surface area contributed by atoms with Crippen molar-refractivity contribution in [3.8, 4) is 11.1 Å². The molecule has 1 saturated heterocycles. The fraction of sp³-hybridized carbons (Fsp3) is 0.412. The minimum Gasteiger partial charge on any atom is -0.444 e. The first-order valence-electron chi connectivity index (χ1n) is 15.3. The molecule has 1 fully saturated rings. The number of halogens is 3. The molecule has 0 unspecified atom stereocenters. The molecular weight excluding hydrogens is 633 g/mol. The van der Waals surface area contributed by atoms with Crippen LogP contribution in [0.15, 0.2) is 54.7 Å². The number of rotatable bonds is 8. The number of aromatic nitrogens is 1. The Kier molecular flexibility index (Phi) is 10.1. The molecule has 5 rings (SSSR count). The van der Waals surface area contributed by atoms with Gasteiger partial charge in [-0.1, -0.05) is 36.4 Å². The molecule has 0 aliphatic carbocycles. The van der Waals surface area contributed by atoms with Crippen molar-refractivity contribution in [3.63, 3.8) is 0 Å². The second-order valence-electron chi connectivity index (χ2n) is 12.6. The number of nitrogens with one attached hydrogen (secondary N) is 2. The van der Waals surface area contributed by atoms with Crippen LogP contribution in [0.4, 0.5) is 18.0 Å². The van der Waals surface area contributed by atoms with E-state index in [1.54, 1.807) is 45.0 Å². The van der Waals surface area contributed by atoms with Gasteiger partial charge in [-0.15, -0.1) is 11.3 Å². The van der Waals surface area contributed by atoms with E-state index in [4.69, 9.17) is 9.47 Å². The number of carbonyl (C=O) groups is 3. The Morgan fingerprint density at radius 2 is 1.83 bits per heavy atom. The fourth-order valence-electron chi connectivity index (χ4n) is 5.19. The number of ether oxygens (including phenoxy) is 2. The van der Waals surface area contributed by atoms with Crippen molar-refractivity contribution in [2.24, 2.45) is 5.92 Å². The van der Waals surface area contributed by atoms with E-state index in [-0.39, 0.29) is 24.3 Å². The van der Waals surface area contributed by atoms with E-state index in [1.807, 2.05) is 17.9 Å². The van der Waals surface area contributed by atoms with Crippen LogP contribution in [0, 0.1) is 5.92 Å². The highest BCUT2D eigenvalue weighted by Crippen LogP contribution is 2.35. The molecule has 2 aromatic carbocycles. The summed E-state index contributed by atoms with van der Waals surface area (Å²) in [6.07, 6.45) is -1.05. The molecule has 2 aliphatic heterocycles. The van der Waals surface area contributed by atoms with Crippen LogP contribution in [-0.2, 0) is 27.0 Å². The van der Waals surface area contributed by atoms with Crippen molar-refractivity contribution in [2.75, 3.05) is 26.3 Å². The van der Waals surface area contributed by atoms with E-state index in [1.165, 1.54) is 23.6 Å². The van der Waals surface area contributed by atoms with Crippen molar-refractivity contribution in [1.82, 2.24) is 20.5 Å². The number of carbonyl (C=O) groups excluding carboxylic acids is 3. The molecule has 1 aromatic heterocycles. The summed E-state index contributed by atoms with van der Waals surface area (Å²) in [6.45, 7) is 8.99. The summed E-state index contributed by atoms with van der Waals surface area (Å²) in [5, 5.41) is 6.31. The normalized spacial score (nSPS) is 16.1. The number of nitrogens with zero attached hydrogens (tertiary/aromatic N) is 2. The Hall–Kier alpha value is -4.23. The van der Waals surface area contributed by atoms with E-state index in [2.05, 4.69) is 15.6 Å². The molecule has 3 aromatic rings. The zero-order valence-corrected chi connectivity index (χ0v) is 27.4. The lowest BCUT2D eigenvalue weighted by Gasteiger charge is -2.33. The first-order chi connectivity index (χ1) is 22.2. The third-order valence-electron chi connectivity index (χ3n) is 7.84. The van der Waals surface area contributed by atoms with E-state index < -0.39 is 29.5 Å². The lowest BCUT2D eigenvalue weighted by molar-refractivity contribution is -0.149. The molecule has 3 amide bonds. The lowest BCUT2D eigenvalue weighted by Crippen LogP contribution is -2.46. The first kappa shape index (κ1) is 34.1. The fourth-order valence-corrected chi connectivity index (χ4v) is 6.07. The highest BCUT2D eigenvalue weighted by Gasteiger charge is 2.32. The summed E-state index contributed by atoms with van der Waals surface area (Å²) in [7, 11) is 0. The molecule has 250 valence electrons. The molecule has 2 N–H and O–H groups in total. The monoisotopic (exact) mass is 670 g/mol. The number of amides is 3. The average molecular weight is 671 g/mol. The van der Waals surface area contributed by atoms with Crippen molar-refractivity contribution in [3.05, 3.63) is 81.3 Å². The smallest absolute Gasteiger partial charge is 0.416 e. The Balaban J connectivity index is 1.23. The molecule has 1 atom stereocenters. The van der Waals surface area contributed by atoms with Crippen LogP contribution in [-0.4, -0.2) is 59.7 Å². The zero-order chi connectivity index (χ0) is 33.9. The number of hydrogen-bond acceptors (Lipinski definition) is 7. The Labute approximate surface area is 275 Å². The summed E-state index contributed by atoms with van der Waals surface area (Å²) in [5.41, 5.74) is 1.55. The summed E-state index contributed by atoms with van der Waals surface area (Å²) in [6, 6.07) is 9.87. The van der Waals surface area contributed by atoms with Crippen LogP contribution >= 0.6 is 11.3 Å². The Bertz CT molecular complexity index is 1660. The van der Waals surface area contributed by atoms with Gasteiger partial charge in [0.2, 0.25) is 5.91 Å². The molecule has 0 spiro atoms. The molecule has 0 bridgehead atoms. The summed E-state index contributed by atoms with van der Waals surface area (Å²) in [5.74, 6) is -0.236. The van der Waals surface area contributed by atoms with Crippen LogP contribution < -0.4 is 10.6 Å². The largest absolute Gasteiger partial charge is 0.444 e. The summed E-state index contributed by atoms with van der Waals surface area (Å²) >= 11 is 1.28. The van der Waals surface area contributed by atoms with E-state index in [9.17, 15) is 27.6 Å². The van der Waals surface area contributed by atoms with Crippen LogP contribution in [0.2, 0.25) is 0 Å². The standard InChI is InChI=1S/C34H37F3N4O5S/c1-20(40-29(42)28-17-38-30(47-28)23-11-13-41(14-12-23)31(43)25-18-45-19-25)21-5-7-22(8-6-21)27-15-26(34(35,36)37)10-9-24(27)16-39-32(44)46-33(2,3)4/h5-11,15,17,20,25H,12-14,16,18-19H2,1-4H3,(H,39,44)(H,40,42)/t20-/m1/s1. The van der Waals surface area contributed by atoms with Gasteiger partial charge in [0.15, 0.2) is 0 Å². The molecule has 2 aliphatic rings. The van der Waals surface area contributed by atoms with Crippen LogP contribution in [0.5, 0.6) is 0 Å². The van der Waals surface area contributed by atoms with Gasteiger partial charge in [0.25, 0.3) is 5.91 Å². The maximum Gasteiger partial charge on any atom is 0.416 e. The number of thiazole rings is 1. The predicted octanol–water partition coefficient (Wildman–Crippen LogP) is 6.61. The van der Waals surface area contributed by atoms with Crippen molar-refractivity contribution in [1.29, 1.82) is 0 Å². The lowest BCUT2D eigenvalue weighted by atomic mass is 9.95. The Morgan fingerprint density at radius 1 is 1.11 bits per heavy atom. The molecule has 0 radical (unpaired) electrons. The van der Waals surface area contributed by atoms with Gasteiger partial charge < -0.3 is 25.0 Å². The van der Waals surface area contributed by atoms with Gasteiger partial charge >= 0.3 is 12.3 Å². The number of alkyl carbamates (subject to hydrolysis) is 1. The predicted molar refractivity (Wildman–Crippen MR) is 171 cm³/mol. The highest BCUT2D eigenvalue weighted by molar-refractivity contribution is 7.14. The van der Waals surface area contributed by atoms with Gasteiger partial charge in [-0.2, -0.15) is 13.2 Å². The molecule has 0 saturated carbocycles. The van der Waals surface area contributed by atoms with Crippen molar-refractivity contribution in [2.45, 2.75) is 58.5 Å².